The van der Waals surface area contributed by atoms with Crippen LogP contribution in [0.4, 0.5) is 20.2 Å². The molecule has 1 aromatic carbocycles. The number of sulfone groups is 1. The summed E-state index contributed by atoms with van der Waals surface area (Å²) in [5.74, 6) is -1.90. The zero-order valence-electron chi connectivity index (χ0n) is 9.50. The maximum absolute atomic E-state index is 13.4. The summed E-state index contributed by atoms with van der Waals surface area (Å²) in [6.45, 7) is 1.52. The Labute approximate surface area is 98.7 Å². The molecular formula is C10H14F2N2O2S. The summed E-state index contributed by atoms with van der Waals surface area (Å²) in [5.41, 5.74) is 4.87. The van der Waals surface area contributed by atoms with Crippen LogP contribution in [0.15, 0.2) is 12.1 Å². The van der Waals surface area contributed by atoms with E-state index in [1.807, 2.05) is 0 Å². The van der Waals surface area contributed by atoms with Gasteiger partial charge in [-0.25, -0.2) is 17.2 Å². The second-order valence-corrected chi connectivity index (χ2v) is 6.18. The van der Waals surface area contributed by atoms with Crippen LogP contribution in [0.1, 0.15) is 6.92 Å². The summed E-state index contributed by atoms with van der Waals surface area (Å²) in [7, 11) is -3.21. The van der Waals surface area contributed by atoms with E-state index >= 15 is 0 Å². The third kappa shape index (κ3) is 4.18. The Hall–Kier alpha value is -1.37. The molecule has 0 heterocycles. The lowest BCUT2D eigenvalue weighted by Crippen LogP contribution is -2.26. The van der Waals surface area contributed by atoms with Crippen LogP contribution in [-0.4, -0.2) is 26.5 Å². The molecule has 0 aliphatic carbocycles. The highest BCUT2D eigenvalue weighted by molar-refractivity contribution is 7.90. The van der Waals surface area contributed by atoms with Crippen LogP contribution < -0.4 is 11.1 Å². The van der Waals surface area contributed by atoms with Gasteiger partial charge in [0.05, 0.1) is 5.75 Å². The van der Waals surface area contributed by atoms with Crippen molar-refractivity contribution in [3.05, 3.63) is 23.8 Å². The molecule has 0 saturated heterocycles. The molecular weight excluding hydrogens is 250 g/mol. The molecule has 0 amide bonds. The van der Waals surface area contributed by atoms with E-state index in [-0.39, 0.29) is 17.1 Å². The van der Waals surface area contributed by atoms with Gasteiger partial charge >= 0.3 is 0 Å². The number of anilines is 2. The van der Waals surface area contributed by atoms with Crippen LogP contribution in [0.25, 0.3) is 0 Å². The first-order valence-electron chi connectivity index (χ1n) is 4.88. The lowest BCUT2D eigenvalue weighted by atomic mass is 10.2. The summed E-state index contributed by atoms with van der Waals surface area (Å²) in [6, 6.07) is 1.34. The number of hydrogen-bond acceptors (Lipinski definition) is 4. The van der Waals surface area contributed by atoms with Gasteiger partial charge in [0.2, 0.25) is 0 Å². The Morgan fingerprint density at radius 2 is 1.82 bits per heavy atom. The number of benzene rings is 1. The van der Waals surface area contributed by atoms with Crippen molar-refractivity contribution in [1.82, 2.24) is 0 Å². The van der Waals surface area contributed by atoms with Crippen molar-refractivity contribution in [3.8, 4) is 0 Å². The highest BCUT2D eigenvalue weighted by Crippen LogP contribution is 2.22. The van der Waals surface area contributed by atoms with Gasteiger partial charge in [-0.05, 0) is 19.1 Å². The summed E-state index contributed by atoms with van der Waals surface area (Å²) in [6.07, 6.45) is 1.06. The number of hydrogen-bond donors (Lipinski definition) is 2. The second-order valence-electron chi connectivity index (χ2n) is 4.00. The fourth-order valence-corrected chi connectivity index (χ4v) is 2.46. The van der Waals surface area contributed by atoms with Gasteiger partial charge in [0.15, 0.2) is 11.6 Å². The van der Waals surface area contributed by atoms with Gasteiger partial charge in [0.25, 0.3) is 0 Å². The minimum Gasteiger partial charge on any atom is -0.399 e. The molecule has 0 spiro atoms. The van der Waals surface area contributed by atoms with E-state index in [1.165, 1.54) is 6.92 Å². The van der Waals surface area contributed by atoms with Crippen molar-refractivity contribution in [2.24, 2.45) is 0 Å². The Morgan fingerprint density at radius 3 is 2.24 bits per heavy atom. The van der Waals surface area contributed by atoms with Crippen LogP contribution in [0.2, 0.25) is 0 Å². The van der Waals surface area contributed by atoms with Crippen molar-refractivity contribution in [2.45, 2.75) is 13.0 Å². The molecule has 0 bridgehead atoms. The average molecular weight is 264 g/mol. The molecule has 0 aromatic heterocycles. The van der Waals surface area contributed by atoms with Gasteiger partial charge < -0.3 is 11.1 Å². The van der Waals surface area contributed by atoms with E-state index in [4.69, 9.17) is 5.73 Å². The lowest BCUT2D eigenvalue weighted by molar-refractivity contribution is 0.581. The number of rotatable bonds is 4. The third-order valence-corrected chi connectivity index (χ3v) is 3.11. The Balaban J connectivity index is 2.89. The number of nitrogens with one attached hydrogen (secondary N) is 1. The molecule has 17 heavy (non-hydrogen) atoms. The Morgan fingerprint density at radius 1 is 1.35 bits per heavy atom. The lowest BCUT2D eigenvalue weighted by Gasteiger charge is -2.15. The first-order chi connectivity index (χ1) is 7.69. The highest BCUT2D eigenvalue weighted by atomic mass is 32.2. The monoisotopic (exact) mass is 264 g/mol. The summed E-state index contributed by atoms with van der Waals surface area (Å²) in [5, 5.41) is 2.48. The quantitative estimate of drug-likeness (QED) is 0.806. The normalized spacial score (nSPS) is 13.4. The van der Waals surface area contributed by atoms with E-state index in [9.17, 15) is 17.2 Å². The zero-order chi connectivity index (χ0) is 13.2. The van der Waals surface area contributed by atoms with Crippen LogP contribution in [0.3, 0.4) is 0 Å². The second kappa shape index (κ2) is 4.87. The molecule has 0 aliphatic rings. The van der Waals surface area contributed by atoms with Gasteiger partial charge in [-0.3, -0.25) is 0 Å². The molecule has 4 nitrogen and oxygen atoms in total. The number of nitrogen functional groups attached to an aromatic ring is 1. The summed E-state index contributed by atoms with van der Waals surface area (Å²) in [4.78, 5) is 0. The summed E-state index contributed by atoms with van der Waals surface area (Å²) < 4.78 is 48.8. The van der Waals surface area contributed by atoms with Gasteiger partial charge in [0.1, 0.15) is 15.5 Å². The maximum atomic E-state index is 13.4. The fourth-order valence-electron chi connectivity index (χ4n) is 1.47. The van der Waals surface area contributed by atoms with Gasteiger partial charge in [-0.15, -0.1) is 0 Å². The van der Waals surface area contributed by atoms with E-state index in [0.717, 1.165) is 18.4 Å². The largest absolute Gasteiger partial charge is 0.399 e. The third-order valence-electron chi connectivity index (χ3n) is 2.01. The van der Waals surface area contributed by atoms with E-state index in [1.54, 1.807) is 0 Å². The SMILES string of the molecule is CC(CS(C)(=O)=O)Nc1c(F)cc(N)cc1F. The molecule has 0 radical (unpaired) electrons. The Kier molecular flexibility index (Phi) is 3.92. The molecule has 0 saturated carbocycles. The standard InChI is InChI=1S/C10H14F2N2O2S/c1-6(5-17(2,15)16)14-10-8(11)3-7(13)4-9(10)12/h3-4,6,14H,5,13H2,1-2H3. The number of halogens is 2. The topological polar surface area (TPSA) is 72.2 Å². The molecule has 1 rings (SSSR count). The smallest absolute Gasteiger partial charge is 0.151 e. The van der Waals surface area contributed by atoms with Crippen molar-refractivity contribution < 1.29 is 17.2 Å². The predicted octanol–water partition coefficient (Wildman–Crippen LogP) is 1.39. The van der Waals surface area contributed by atoms with Crippen molar-refractivity contribution >= 4 is 21.2 Å². The zero-order valence-corrected chi connectivity index (χ0v) is 10.3. The Bertz CT molecular complexity index is 494. The summed E-state index contributed by atoms with van der Waals surface area (Å²) >= 11 is 0. The molecule has 1 aromatic rings. The molecule has 1 unspecified atom stereocenters. The van der Waals surface area contributed by atoms with Crippen LogP contribution in [0, 0.1) is 11.6 Å². The minimum atomic E-state index is -3.21. The molecule has 0 fully saturated rings. The first kappa shape index (κ1) is 13.7. The molecule has 96 valence electrons. The van der Waals surface area contributed by atoms with Gasteiger partial charge in [-0.2, -0.15) is 0 Å². The highest BCUT2D eigenvalue weighted by Gasteiger charge is 2.15. The van der Waals surface area contributed by atoms with E-state index < -0.39 is 27.5 Å². The minimum absolute atomic E-state index is 0.0266. The van der Waals surface area contributed by atoms with E-state index in [0.29, 0.717) is 0 Å². The predicted molar refractivity (Wildman–Crippen MR) is 63.6 cm³/mol. The van der Waals surface area contributed by atoms with Crippen molar-refractivity contribution in [1.29, 1.82) is 0 Å². The van der Waals surface area contributed by atoms with Crippen LogP contribution in [0.5, 0.6) is 0 Å². The number of nitrogens with two attached hydrogens (primary N) is 1. The van der Waals surface area contributed by atoms with Crippen LogP contribution in [-0.2, 0) is 9.84 Å². The molecule has 7 heteroatoms. The average Bonchev–Trinajstić information content (AvgIpc) is 2.08. The molecule has 3 N–H and O–H groups in total. The first-order valence-corrected chi connectivity index (χ1v) is 6.94. The molecule has 1 atom stereocenters. The van der Waals surface area contributed by atoms with Crippen molar-refractivity contribution in [2.75, 3.05) is 23.1 Å². The van der Waals surface area contributed by atoms with E-state index in [2.05, 4.69) is 5.32 Å². The van der Waals surface area contributed by atoms with Gasteiger partial charge in [-0.1, -0.05) is 0 Å². The van der Waals surface area contributed by atoms with Crippen LogP contribution >= 0.6 is 0 Å². The molecule has 0 aliphatic heterocycles. The fraction of sp³-hybridized carbons (Fsp3) is 0.400. The van der Waals surface area contributed by atoms with Crippen molar-refractivity contribution in [3.63, 3.8) is 0 Å². The maximum Gasteiger partial charge on any atom is 0.151 e. The van der Waals surface area contributed by atoms with Gasteiger partial charge in [0, 0.05) is 18.0 Å².